The van der Waals surface area contributed by atoms with E-state index in [0.717, 1.165) is 29.4 Å². The Hall–Kier alpha value is -1.94. The van der Waals surface area contributed by atoms with Gasteiger partial charge in [0.2, 0.25) is 0 Å². The Morgan fingerprint density at radius 3 is 2.14 bits per heavy atom. The number of hydrogen-bond donors (Lipinski definition) is 1. The molecule has 2 nitrogen and oxygen atoms in total. The Bertz CT molecular complexity index is 584. The Morgan fingerprint density at radius 2 is 1.57 bits per heavy atom. The number of nitrogens with two attached hydrogens (primary N) is 1. The molecule has 4 heteroatoms. The summed E-state index contributed by atoms with van der Waals surface area (Å²) < 4.78 is 31.3. The van der Waals surface area contributed by atoms with E-state index in [0.29, 0.717) is 13.0 Å². The maximum Gasteiger partial charge on any atom is 0.159 e. The van der Waals surface area contributed by atoms with Crippen molar-refractivity contribution in [1.82, 2.24) is 0 Å². The zero-order valence-electron chi connectivity index (χ0n) is 12.0. The summed E-state index contributed by atoms with van der Waals surface area (Å²) in [5.41, 5.74) is 7.71. The van der Waals surface area contributed by atoms with Crippen LogP contribution in [0.1, 0.15) is 11.1 Å². The lowest BCUT2D eigenvalue weighted by atomic mass is 9.92. The minimum Gasteiger partial charge on any atom is -0.497 e. The van der Waals surface area contributed by atoms with E-state index < -0.39 is 11.6 Å². The first-order valence-corrected chi connectivity index (χ1v) is 6.89. The van der Waals surface area contributed by atoms with Crippen molar-refractivity contribution < 1.29 is 13.5 Å². The fraction of sp³-hybridized carbons (Fsp3) is 0.294. The molecule has 21 heavy (non-hydrogen) atoms. The first-order chi connectivity index (χ1) is 10.1. The molecule has 2 aromatic rings. The van der Waals surface area contributed by atoms with E-state index in [9.17, 15) is 8.78 Å². The molecule has 2 aromatic carbocycles. The maximum atomic E-state index is 13.2. The minimum absolute atomic E-state index is 0.184. The predicted octanol–water partition coefficient (Wildman–Crippen LogP) is 3.33. The topological polar surface area (TPSA) is 35.2 Å². The van der Waals surface area contributed by atoms with Crippen LogP contribution in [0.25, 0.3) is 0 Å². The molecule has 2 rings (SSSR count). The molecule has 2 N–H and O–H groups in total. The lowest BCUT2D eigenvalue weighted by Gasteiger charge is -2.15. The van der Waals surface area contributed by atoms with Crippen LogP contribution in [0.2, 0.25) is 0 Å². The second kappa shape index (κ2) is 7.18. The van der Waals surface area contributed by atoms with Crippen LogP contribution < -0.4 is 10.5 Å². The predicted molar refractivity (Wildman–Crippen MR) is 79.3 cm³/mol. The summed E-state index contributed by atoms with van der Waals surface area (Å²) >= 11 is 0. The quantitative estimate of drug-likeness (QED) is 0.886. The summed E-state index contributed by atoms with van der Waals surface area (Å²) in [5.74, 6) is -0.641. The van der Waals surface area contributed by atoms with Gasteiger partial charge < -0.3 is 10.5 Å². The molecule has 0 spiro atoms. The minimum atomic E-state index is -0.821. The van der Waals surface area contributed by atoms with Crippen molar-refractivity contribution in [3.05, 3.63) is 65.2 Å². The smallest absolute Gasteiger partial charge is 0.159 e. The highest BCUT2D eigenvalue weighted by molar-refractivity contribution is 5.28. The van der Waals surface area contributed by atoms with Gasteiger partial charge >= 0.3 is 0 Å². The largest absolute Gasteiger partial charge is 0.497 e. The van der Waals surface area contributed by atoms with Gasteiger partial charge in [-0.1, -0.05) is 18.2 Å². The molecule has 112 valence electrons. The number of ether oxygens (including phenoxy) is 1. The fourth-order valence-corrected chi connectivity index (χ4v) is 2.33. The maximum absolute atomic E-state index is 13.2. The number of halogens is 2. The van der Waals surface area contributed by atoms with Gasteiger partial charge in [-0.2, -0.15) is 0 Å². The number of rotatable bonds is 6. The summed E-state index contributed by atoms with van der Waals surface area (Å²) in [6.45, 7) is 0.491. The van der Waals surface area contributed by atoms with Gasteiger partial charge in [-0.3, -0.25) is 0 Å². The van der Waals surface area contributed by atoms with Crippen LogP contribution in [0.15, 0.2) is 42.5 Å². The fourth-order valence-electron chi connectivity index (χ4n) is 2.33. The van der Waals surface area contributed by atoms with Crippen molar-refractivity contribution >= 4 is 0 Å². The summed E-state index contributed by atoms with van der Waals surface area (Å²) in [5, 5.41) is 0. The van der Waals surface area contributed by atoms with Crippen molar-refractivity contribution in [1.29, 1.82) is 0 Å². The third-order valence-corrected chi connectivity index (χ3v) is 3.53. The highest BCUT2D eigenvalue weighted by Gasteiger charge is 2.11. The second-order valence-corrected chi connectivity index (χ2v) is 5.11. The molecule has 0 amide bonds. The molecule has 0 aromatic heterocycles. The van der Waals surface area contributed by atoms with Gasteiger partial charge in [0.15, 0.2) is 11.6 Å². The van der Waals surface area contributed by atoms with Crippen LogP contribution in [0.3, 0.4) is 0 Å². The molecule has 1 unspecified atom stereocenters. The molecule has 0 aliphatic rings. The zero-order chi connectivity index (χ0) is 15.2. The molecule has 0 aliphatic carbocycles. The van der Waals surface area contributed by atoms with Gasteiger partial charge in [-0.05, 0) is 60.7 Å². The average Bonchev–Trinajstić information content (AvgIpc) is 2.51. The van der Waals surface area contributed by atoms with Crippen LogP contribution in [0.4, 0.5) is 8.78 Å². The van der Waals surface area contributed by atoms with E-state index in [4.69, 9.17) is 10.5 Å². The van der Waals surface area contributed by atoms with E-state index in [1.165, 1.54) is 6.07 Å². The molecule has 0 fully saturated rings. The standard InChI is InChI=1S/C17H19F2NO/c1-21-15-5-2-12(3-6-15)8-14(11-20)9-13-4-7-16(18)17(19)10-13/h2-7,10,14H,8-9,11,20H2,1H3. The molecular formula is C17H19F2NO. The van der Waals surface area contributed by atoms with E-state index in [1.807, 2.05) is 24.3 Å². The number of methoxy groups -OCH3 is 1. The first-order valence-electron chi connectivity index (χ1n) is 6.89. The molecule has 0 heterocycles. The van der Waals surface area contributed by atoms with Gasteiger partial charge in [0, 0.05) is 0 Å². The SMILES string of the molecule is COc1ccc(CC(CN)Cc2ccc(F)c(F)c2)cc1. The molecule has 1 atom stereocenters. The average molecular weight is 291 g/mol. The van der Waals surface area contributed by atoms with Crippen LogP contribution in [-0.4, -0.2) is 13.7 Å². The molecule has 0 saturated carbocycles. The molecule has 0 radical (unpaired) electrons. The highest BCUT2D eigenvalue weighted by Crippen LogP contribution is 2.18. The van der Waals surface area contributed by atoms with E-state index >= 15 is 0 Å². The van der Waals surface area contributed by atoms with Crippen LogP contribution in [-0.2, 0) is 12.8 Å². The molecule has 0 aliphatic heterocycles. The number of hydrogen-bond acceptors (Lipinski definition) is 2. The van der Waals surface area contributed by atoms with Crippen molar-refractivity contribution in [3.63, 3.8) is 0 Å². The summed E-state index contributed by atoms with van der Waals surface area (Å²) in [6, 6.07) is 11.8. The Labute approximate surface area is 123 Å². The Kier molecular flexibility index (Phi) is 5.28. The van der Waals surface area contributed by atoms with E-state index in [-0.39, 0.29) is 5.92 Å². The van der Waals surface area contributed by atoms with Gasteiger partial charge in [-0.25, -0.2) is 8.78 Å². The highest BCUT2D eigenvalue weighted by atomic mass is 19.2. The van der Waals surface area contributed by atoms with Gasteiger partial charge in [0.25, 0.3) is 0 Å². The normalized spacial score (nSPS) is 12.2. The monoisotopic (exact) mass is 291 g/mol. The molecular weight excluding hydrogens is 272 g/mol. The molecule has 0 saturated heterocycles. The van der Waals surface area contributed by atoms with Gasteiger partial charge in [0.05, 0.1) is 7.11 Å². The lowest BCUT2D eigenvalue weighted by molar-refractivity contribution is 0.414. The van der Waals surface area contributed by atoms with Crippen LogP contribution >= 0.6 is 0 Å². The van der Waals surface area contributed by atoms with Gasteiger partial charge in [-0.15, -0.1) is 0 Å². The van der Waals surface area contributed by atoms with E-state index in [1.54, 1.807) is 13.2 Å². The van der Waals surface area contributed by atoms with Crippen LogP contribution in [0.5, 0.6) is 5.75 Å². The Morgan fingerprint density at radius 1 is 0.952 bits per heavy atom. The zero-order valence-corrected chi connectivity index (χ0v) is 12.0. The van der Waals surface area contributed by atoms with Gasteiger partial charge in [0.1, 0.15) is 5.75 Å². The first kappa shape index (κ1) is 15.4. The Balaban J connectivity index is 2.03. The van der Waals surface area contributed by atoms with Crippen molar-refractivity contribution in [2.75, 3.05) is 13.7 Å². The van der Waals surface area contributed by atoms with Crippen molar-refractivity contribution in [2.24, 2.45) is 11.7 Å². The summed E-state index contributed by atoms with van der Waals surface area (Å²) in [4.78, 5) is 0. The lowest BCUT2D eigenvalue weighted by Crippen LogP contribution is -2.19. The second-order valence-electron chi connectivity index (χ2n) is 5.11. The third kappa shape index (κ3) is 4.26. The summed E-state index contributed by atoms with van der Waals surface area (Å²) in [7, 11) is 1.63. The molecule has 0 bridgehead atoms. The third-order valence-electron chi connectivity index (χ3n) is 3.53. The number of benzene rings is 2. The van der Waals surface area contributed by atoms with Crippen molar-refractivity contribution in [2.45, 2.75) is 12.8 Å². The summed E-state index contributed by atoms with van der Waals surface area (Å²) in [6.07, 6.45) is 1.42. The van der Waals surface area contributed by atoms with Crippen molar-refractivity contribution in [3.8, 4) is 5.75 Å². The van der Waals surface area contributed by atoms with E-state index in [2.05, 4.69) is 0 Å². The van der Waals surface area contributed by atoms with Crippen LogP contribution in [0, 0.1) is 17.6 Å².